The number of phenolic OH excluding ortho intramolecular Hbond substituents is 2. The molecule has 0 aliphatic carbocycles. The first-order valence-corrected chi connectivity index (χ1v) is 8.52. The van der Waals surface area contributed by atoms with Gasteiger partial charge < -0.3 is 10.2 Å². The standard InChI is InChI=1S/C22H23NO2/c24-21-12-11-18(15-22(21)25)13-14-23(16-19-7-3-1-4-8-19)17-20-9-5-2-6-10-20/h1-12,15,24-25H,13-14,16-17H2. The minimum absolute atomic E-state index is 0.0600. The Morgan fingerprint density at radius 1 is 0.600 bits per heavy atom. The zero-order valence-electron chi connectivity index (χ0n) is 14.2. The maximum atomic E-state index is 9.67. The van der Waals surface area contributed by atoms with Crippen molar-refractivity contribution in [2.24, 2.45) is 0 Å². The van der Waals surface area contributed by atoms with Crippen LogP contribution >= 0.6 is 0 Å². The molecule has 0 saturated heterocycles. The summed E-state index contributed by atoms with van der Waals surface area (Å²) < 4.78 is 0. The van der Waals surface area contributed by atoms with E-state index in [1.807, 2.05) is 18.2 Å². The normalized spacial score (nSPS) is 10.9. The summed E-state index contributed by atoms with van der Waals surface area (Å²) in [5.74, 6) is -0.135. The lowest BCUT2D eigenvalue weighted by molar-refractivity contribution is 0.260. The lowest BCUT2D eigenvalue weighted by Crippen LogP contribution is -2.25. The third-order valence-electron chi connectivity index (χ3n) is 4.25. The van der Waals surface area contributed by atoms with E-state index < -0.39 is 0 Å². The second-order valence-corrected chi connectivity index (χ2v) is 6.25. The quantitative estimate of drug-likeness (QED) is 0.632. The van der Waals surface area contributed by atoms with E-state index in [2.05, 4.69) is 53.4 Å². The minimum Gasteiger partial charge on any atom is -0.504 e. The maximum absolute atomic E-state index is 9.67. The van der Waals surface area contributed by atoms with E-state index in [0.29, 0.717) is 0 Å². The summed E-state index contributed by atoms with van der Waals surface area (Å²) in [6, 6.07) is 25.9. The molecule has 25 heavy (non-hydrogen) atoms. The first-order chi connectivity index (χ1) is 12.2. The molecule has 2 N–H and O–H groups in total. The van der Waals surface area contributed by atoms with Gasteiger partial charge in [0.2, 0.25) is 0 Å². The molecule has 3 rings (SSSR count). The average Bonchev–Trinajstić information content (AvgIpc) is 2.64. The molecular weight excluding hydrogens is 310 g/mol. The van der Waals surface area contributed by atoms with Crippen LogP contribution in [0.2, 0.25) is 0 Å². The SMILES string of the molecule is Oc1ccc(CCN(Cc2ccccc2)Cc2ccccc2)cc1O. The van der Waals surface area contributed by atoms with Gasteiger partial charge in [0, 0.05) is 19.6 Å². The van der Waals surface area contributed by atoms with Crippen LogP contribution in [0.4, 0.5) is 0 Å². The smallest absolute Gasteiger partial charge is 0.157 e. The highest BCUT2D eigenvalue weighted by molar-refractivity contribution is 5.40. The molecule has 0 fully saturated rings. The molecule has 0 unspecified atom stereocenters. The molecule has 3 heteroatoms. The van der Waals surface area contributed by atoms with Gasteiger partial charge in [0.05, 0.1) is 0 Å². The Morgan fingerprint density at radius 3 is 1.68 bits per heavy atom. The van der Waals surface area contributed by atoms with E-state index in [1.54, 1.807) is 12.1 Å². The Morgan fingerprint density at radius 2 is 1.16 bits per heavy atom. The number of hydrogen-bond acceptors (Lipinski definition) is 3. The summed E-state index contributed by atoms with van der Waals surface area (Å²) in [6.45, 7) is 2.62. The molecule has 0 bridgehead atoms. The molecule has 0 heterocycles. The van der Waals surface area contributed by atoms with Crippen molar-refractivity contribution in [2.75, 3.05) is 6.54 Å². The molecule has 0 aromatic heterocycles. The second kappa shape index (κ2) is 8.36. The minimum atomic E-state index is -0.0748. The summed E-state index contributed by atoms with van der Waals surface area (Å²) in [5, 5.41) is 19.1. The lowest BCUT2D eigenvalue weighted by atomic mass is 10.1. The van der Waals surface area contributed by atoms with E-state index in [4.69, 9.17) is 0 Å². The highest BCUT2D eigenvalue weighted by Crippen LogP contribution is 2.25. The molecular formula is C22H23NO2. The van der Waals surface area contributed by atoms with Gasteiger partial charge in [-0.05, 0) is 35.2 Å². The third kappa shape index (κ3) is 5.10. The Balaban J connectivity index is 1.69. The monoisotopic (exact) mass is 333 g/mol. The molecule has 3 nitrogen and oxygen atoms in total. The van der Waals surface area contributed by atoms with Gasteiger partial charge in [-0.2, -0.15) is 0 Å². The van der Waals surface area contributed by atoms with Gasteiger partial charge in [0.25, 0.3) is 0 Å². The van der Waals surface area contributed by atoms with Crippen LogP contribution in [-0.2, 0) is 19.5 Å². The Labute approximate surface area is 148 Å². The number of nitrogens with zero attached hydrogens (tertiary/aromatic N) is 1. The third-order valence-corrected chi connectivity index (χ3v) is 4.25. The highest BCUT2D eigenvalue weighted by Gasteiger charge is 2.09. The van der Waals surface area contributed by atoms with Gasteiger partial charge in [-0.25, -0.2) is 0 Å². The molecule has 0 radical (unpaired) electrons. The number of hydrogen-bond donors (Lipinski definition) is 2. The van der Waals surface area contributed by atoms with Crippen LogP contribution in [0.15, 0.2) is 78.9 Å². The van der Waals surface area contributed by atoms with Crippen molar-refractivity contribution in [1.82, 2.24) is 4.90 Å². The summed E-state index contributed by atoms with van der Waals surface area (Å²) in [4.78, 5) is 2.40. The van der Waals surface area contributed by atoms with Gasteiger partial charge in [-0.15, -0.1) is 0 Å². The van der Waals surface area contributed by atoms with Crippen LogP contribution < -0.4 is 0 Å². The predicted octanol–water partition coefficient (Wildman–Crippen LogP) is 4.34. The molecule has 0 aliphatic heterocycles. The molecule has 0 saturated carbocycles. The van der Waals surface area contributed by atoms with Crippen molar-refractivity contribution in [3.63, 3.8) is 0 Å². The zero-order chi connectivity index (χ0) is 17.5. The van der Waals surface area contributed by atoms with E-state index in [-0.39, 0.29) is 11.5 Å². The van der Waals surface area contributed by atoms with Gasteiger partial charge >= 0.3 is 0 Å². The summed E-state index contributed by atoms with van der Waals surface area (Å²) in [7, 11) is 0. The molecule has 0 amide bonds. The Bertz CT molecular complexity index is 746. The van der Waals surface area contributed by atoms with E-state index in [9.17, 15) is 10.2 Å². The van der Waals surface area contributed by atoms with E-state index in [1.165, 1.54) is 11.1 Å². The fourth-order valence-electron chi connectivity index (χ4n) is 2.91. The van der Waals surface area contributed by atoms with Crippen molar-refractivity contribution < 1.29 is 10.2 Å². The lowest BCUT2D eigenvalue weighted by Gasteiger charge is -2.23. The second-order valence-electron chi connectivity index (χ2n) is 6.25. The van der Waals surface area contributed by atoms with Crippen LogP contribution in [-0.4, -0.2) is 21.7 Å². The topological polar surface area (TPSA) is 43.7 Å². The summed E-state index contributed by atoms with van der Waals surface area (Å²) in [5.41, 5.74) is 3.58. The average molecular weight is 333 g/mol. The molecule has 128 valence electrons. The molecule has 3 aromatic rings. The van der Waals surface area contributed by atoms with Crippen LogP contribution in [0, 0.1) is 0 Å². The fraction of sp³-hybridized carbons (Fsp3) is 0.182. The highest BCUT2D eigenvalue weighted by atomic mass is 16.3. The van der Waals surface area contributed by atoms with Crippen molar-refractivity contribution in [2.45, 2.75) is 19.5 Å². The van der Waals surface area contributed by atoms with Crippen molar-refractivity contribution >= 4 is 0 Å². The van der Waals surface area contributed by atoms with Gasteiger partial charge in [0.1, 0.15) is 0 Å². The van der Waals surface area contributed by atoms with E-state index in [0.717, 1.165) is 31.6 Å². The Hall–Kier alpha value is -2.78. The number of aromatic hydroxyl groups is 2. The van der Waals surface area contributed by atoms with Crippen molar-refractivity contribution in [3.8, 4) is 11.5 Å². The number of phenols is 2. The van der Waals surface area contributed by atoms with Gasteiger partial charge in [-0.1, -0.05) is 66.7 Å². The number of rotatable bonds is 7. The summed E-state index contributed by atoms with van der Waals surface area (Å²) >= 11 is 0. The van der Waals surface area contributed by atoms with Crippen LogP contribution in [0.25, 0.3) is 0 Å². The fourth-order valence-corrected chi connectivity index (χ4v) is 2.91. The van der Waals surface area contributed by atoms with Crippen molar-refractivity contribution in [1.29, 1.82) is 0 Å². The maximum Gasteiger partial charge on any atom is 0.157 e. The van der Waals surface area contributed by atoms with Crippen LogP contribution in [0.3, 0.4) is 0 Å². The van der Waals surface area contributed by atoms with Crippen LogP contribution in [0.5, 0.6) is 11.5 Å². The molecule has 0 atom stereocenters. The van der Waals surface area contributed by atoms with Gasteiger partial charge in [0.15, 0.2) is 11.5 Å². The first-order valence-electron chi connectivity index (χ1n) is 8.52. The largest absolute Gasteiger partial charge is 0.504 e. The number of benzene rings is 3. The predicted molar refractivity (Wildman–Crippen MR) is 100 cm³/mol. The molecule has 3 aromatic carbocycles. The molecule has 0 spiro atoms. The molecule has 0 aliphatic rings. The van der Waals surface area contributed by atoms with E-state index >= 15 is 0 Å². The van der Waals surface area contributed by atoms with Crippen molar-refractivity contribution in [3.05, 3.63) is 95.6 Å². The van der Waals surface area contributed by atoms with Crippen LogP contribution in [0.1, 0.15) is 16.7 Å². The first kappa shape index (κ1) is 17.1. The zero-order valence-corrected chi connectivity index (χ0v) is 14.2. The Kier molecular flexibility index (Phi) is 5.70. The van der Waals surface area contributed by atoms with Gasteiger partial charge in [-0.3, -0.25) is 4.90 Å². The summed E-state index contributed by atoms with van der Waals surface area (Å²) in [6.07, 6.45) is 0.813.